The number of carbonyl (C=O) groups is 1. The minimum atomic E-state index is -1.02. The highest BCUT2D eigenvalue weighted by atomic mass is 16.5. The van der Waals surface area contributed by atoms with Gasteiger partial charge in [-0.2, -0.15) is 0 Å². The molecule has 6 heteroatoms. The van der Waals surface area contributed by atoms with Gasteiger partial charge in [-0.05, 0) is 13.0 Å². The van der Waals surface area contributed by atoms with Crippen LogP contribution in [0.5, 0.6) is 0 Å². The van der Waals surface area contributed by atoms with Crippen LogP contribution in [0, 0.1) is 0 Å². The maximum absolute atomic E-state index is 11.7. The van der Waals surface area contributed by atoms with Crippen LogP contribution in [0.1, 0.15) is 6.92 Å². The second kappa shape index (κ2) is 5.09. The summed E-state index contributed by atoms with van der Waals surface area (Å²) in [5.74, 6) is -0.186. The molecule has 2 heterocycles. The lowest BCUT2D eigenvalue weighted by Gasteiger charge is -2.40. The van der Waals surface area contributed by atoms with Crippen molar-refractivity contribution in [3.8, 4) is 0 Å². The third-order valence-electron chi connectivity index (χ3n) is 3.04. The van der Waals surface area contributed by atoms with Crippen molar-refractivity contribution in [2.24, 2.45) is 0 Å². The van der Waals surface area contributed by atoms with Crippen molar-refractivity contribution in [3.63, 3.8) is 0 Å². The molecular weight excluding hydrogens is 236 g/mol. The van der Waals surface area contributed by atoms with Crippen molar-refractivity contribution in [2.75, 3.05) is 20.8 Å². The summed E-state index contributed by atoms with van der Waals surface area (Å²) in [7, 11) is 3.17. The highest BCUT2D eigenvalue weighted by Crippen LogP contribution is 2.23. The Morgan fingerprint density at radius 1 is 1.50 bits per heavy atom. The van der Waals surface area contributed by atoms with Gasteiger partial charge in [-0.25, -0.2) is 0 Å². The first kappa shape index (κ1) is 13.1. The number of carbonyl (C=O) groups excluding carboxylic acids is 1. The van der Waals surface area contributed by atoms with Crippen molar-refractivity contribution in [1.29, 1.82) is 0 Å². The van der Waals surface area contributed by atoms with Crippen LogP contribution < -0.4 is 0 Å². The summed E-state index contributed by atoms with van der Waals surface area (Å²) in [6.45, 7) is 2.18. The zero-order valence-corrected chi connectivity index (χ0v) is 10.7. The number of aliphatic hydroxyl groups is 1. The standard InChI is InChI=1S/C12H18N2O4/c1-8-6-14(12(16)13(2)11(8)15)10-5-4-9(18-10)7-17-3/h4-6,9-10,12,16H,7H2,1-3H3/t9?,10-,12?/m1/s1. The largest absolute Gasteiger partial charge is 0.382 e. The van der Waals surface area contributed by atoms with E-state index in [-0.39, 0.29) is 18.2 Å². The summed E-state index contributed by atoms with van der Waals surface area (Å²) in [5, 5.41) is 10.0. The molecule has 100 valence electrons. The van der Waals surface area contributed by atoms with Gasteiger partial charge in [0.1, 0.15) is 6.10 Å². The molecule has 0 fully saturated rings. The quantitative estimate of drug-likeness (QED) is 0.711. The monoisotopic (exact) mass is 254 g/mol. The number of ether oxygens (including phenoxy) is 2. The van der Waals surface area contributed by atoms with Gasteiger partial charge >= 0.3 is 0 Å². The second-order valence-corrected chi connectivity index (χ2v) is 4.43. The Kier molecular flexibility index (Phi) is 3.70. The molecule has 0 saturated carbocycles. The highest BCUT2D eigenvalue weighted by molar-refractivity contribution is 5.93. The van der Waals surface area contributed by atoms with Gasteiger partial charge in [0.05, 0.1) is 6.61 Å². The van der Waals surface area contributed by atoms with E-state index in [0.717, 1.165) is 0 Å². The third-order valence-corrected chi connectivity index (χ3v) is 3.04. The van der Waals surface area contributed by atoms with Crippen LogP contribution in [-0.2, 0) is 14.3 Å². The van der Waals surface area contributed by atoms with Crippen molar-refractivity contribution >= 4 is 5.91 Å². The fraction of sp³-hybridized carbons (Fsp3) is 0.583. The van der Waals surface area contributed by atoms with Gasteiger partial charge in [0.15, 0.2) is 6.23 Å². The maximum Gasteiger partial charge on any atom is 0.254 e. The Balaban J connectivity index is 2.10. The van der Waals surface area contributed by atoms with E-state index < -0.39 is 6.35 Å². The van der Waals surface area contributed by atoms with Crippen LogP contribution in [0.15, 0.2) is 23.9 Å². The summed E-state index contributed by atoms with van der Waals surface area (Å²) < 4.78 is 10.7. The van der Waals surface area contributed by atoms with E-state index in [1.54, 1.807) is 32.2 Å². The maximum atomic E-state index is 11.7. The molecule has 3 atom stereocenters. The summed E-state index contributed by atoms with van der Waals surface area (Å²) >= 11 is 0. The first-order valence-electron chi connectivity index (χ1n) is 5.78. The van der Waals surface area contributed by atoms with E-state index in [0.29, 0.717) is 12.2 Å². The average molecular weight is 254 g/mol. The van der Waals surface area contributed by atoms with Crippen molar-refractivity contribution < 1.29 is 19.4 Å². The van der Waals surface area contributed by atoms with Crippen LogP contribution in [0.25, 0.3) is 0 Å². The molecule has 6 nitrogen and oxygen atoms in total. The molecule has 0 bridgehead atoms. The smallest absolute Gasteiger partial charge is 0.254 e. The fourth-order valence-electron chi connectivity index (χ4n) is 2.05. The zero-order chi connectivity index (χ0) is 13.3. The molecule has 0 aromatic rings. The third kappa shape index (κ3) is 2.27. The molecule has 2 rings (SSSR count). The lowest BCUT2D eigenvalue weighted by Crippen LogP contribution is -2.54. The molecule has 1 amide bonds. The van der Waals surface area contributed by atoms with Gasteiger partial charge in [-0.3, -0.25) is 9.69 Å². The topological polar surface area (TPSA) is 62.2 Å². The van der Waals surface area contributed by atoms with E-state index in [9.17, 15) is 9.90 Å². The average Bonchev–Trinajstić information content (AvgIpc) is 2.80. The Bertz CT molecular complexity index is 394. The molecule has 0 aromatic heterocycles. The van der Waals surface area contributed by atoms with E-state index in [1.165, 1.54) is 4.90 Å². The number of nitrogens with zero attached hydrogens (tertiary/aromatic N) is 2. The number of aliphatic hydroxyl groups excluding tert-OH is 1. The first-order valence-corrected chi connectivity index (χ1v) is 5.78. The number of likely N-dealkylation sites (N-methyl/N-ethyl adjacent to an activating group) is 1. The summed E-state index contributed by atoms with van der Waals surface area (Å²) in [6.07, 6.45) is 3.84. The number of rotatable bonds is 3. The number of methoxy groups -OCH3 is 1. The van der Waals surface area contributed by atoms with Gasteiger partial charge in [0.2, 0.25) is 6.35 Å². The van der Waals surface area contributed by atoms with Gasteiger partial charge in [0.25, 0.3) is 5.91 Å². The van der Waals surface area contributed by atoms with Crippen molar-refractivity contribution in [2.45, 2.75) is 25.6 Å². The zero-order valence-electron chi connectivity index (χ0n) is 10.7. The number of amides is 1. The molecule has 0 aromatic carbocycles. The number of hydrogen-bond donors (Lipinski definition) is 1. The molecule has 18 heavy (non-hydrogen) atoms. The van der Waals surface area contributed by atoms with E-state index in [2.05, 4.69) is 0 Å². The van der Waals surface area contributed by atoms with Crippen molar-refractivity contribution in [3.05, 3.63) is 23.9 Å². The second-order valence-electron chi connectivity index (χ2n) is 4.43. The Hall–Kier alpha value is -1.37. The van der Waals surface area contributed by atoms with E-state index in [1.807, 2.05) is 12.2 Å². The highest BCUT2D eigenvalue weighted by Gasteiger charge is 2.35. The van der Waals surface area contributed by atoms with Crippen LogP contribution in [-0.4, -0.2) is 60.3 Å². The fourth-order valence-corrected chi connectivity index (χ4v) is 2.05. The molecular formula is C12H18N2O4. The van der Waals surface area contributed by atoms with Crippen molar-refractivity contribution in [1.82, 2.24) is 9.80 Å². The summed E-state index contributed by atoms with van der Waals surface area (Å²) in [4.78, 5) is 14.5. The lowest BCUT2D eigenvalue weighted by molar-refractivity contribution is -0.172. The van der Waals surface area contributed by atoms with E-state index >= 15 is 0 Å². The molecule has 0 radical (unpaired) electrons. The first-order chi connectivity index (χ1) is 8.54. The molecule has 2 aliphatic rings. The van der Waals surface area contributed by atoms with Gasteiger partial charge in [0, 0.05) is 25.9 Å². The predicted octanol–water partition coefficient (Wildman–Crippen LogP) is -0.132. The Morgan fingerprint density at radius 3 is 2.89 bits per heavy atom. The van der Waals surface area contributed by atoms with Crippen LogP contribution in [0.4, 0.5) is 0 Å². The normalized spacial score (nSPS) is 32.1. The Morgan fingerprint density at radius 2 is 2.22 bits per heavy atom. The molecule has 0 aliphatic carbocycles. The van der Waals surface area contributed by atoms with Gasteiger partial charge in [-0.15, -0.1) is 0 Å². The van der Waals surface area contributed by atoms with Gasteiger partial charge < -0.3 is 19.5 Å². The van der Waals surface area contributed by atoms with Crippen LogP contribution in [0.2, 0.25) is 0 Å². The van der Waals surface area contributed by atoms with E-state index in [4.69, 9.17) is 9.47 Å². The van der Waals surface area contributed by atoms with Crippen LogP contribution >= 0.6 is 0 Å². The molecule has 2 aliphatic heterocycles. The molecule has 0 spiro atoms. The Labute approximate surface area is 106 Å². The molecule has 1 N–H and O–H groups in total. The summed E-state index contributed by atoms with van der Waals surface area (Å²) in [5.41, 5.74) is 0.565. The lowest BCUT2D eigenvalue weighted by atomic mass is 10.2. The SMILES string of the molecule is COCC1C=C[C@H](N2C=C(C)C(=O)N(C)C2O)O1. The number of hydrogen-bond acceptors (Lipinski definition) is 5. The van der Waals surface area contributed by atoms with Gasteiger partial charge in [-0.1, -0.05) is 6.08 Å². The molecule has 2 unspecified atom stereocenters. The predicted molar refractivity (Wildman–Crippen MR) is 64.0 cm³/mol. The van der Waals surface area contributed by atoms with Crippen LogP contribution in [0.3, 0.4) is 0 Å². The minimum absolute atomic E-state index is 0.121. The minimum Gasteiger partial charge on any atom is -0.382 e. The summed E-state index contributed by atoms with van der Waals surface area (Å²) in [6, 6.07) is 0. The molecule has 0 saturated heterocycles.